The molecule has 4 rings (SSSR count). The van der Waals surface area contributed by atoms with Gasteiger partial charge >= 0.3 is 0 Å². The Kier molecular flexibility index (Phi) is 5.61. The van der Waals surface area contributed by atoms with Crippen LogP contribution in [0.5, 0.6) is 0 Å². The van der Waals surface area contributed by atoms with E-state index in [2.05, 4.69) is 44.8 Å². The highest BCUT2D eigenvalue weighted by Crippen LogP contribution is 2.18. The molecule has 1 amide bonds. The van der Waals surface area contributed by atoms with Gasteiger partial charge in [-0.15, -0.1) is 0 Å². The molecule has 0 radical (unpaired) electrons. The zero-order chi connectivity index (χ0) is 20.1. The van der Waals surface area contributed by atoms with Crippen LogP contribution in [0.1, 0.15) is 27.2 Å². The Bertz CT molecular complexity index is 994. The zero-order valence-electron chi connectivity index (χ0n) is 16.4. The molecule has 2 aromatic carbocycles. The summed E-state index contributed by atoms with van der Waals surface area (Å²) in [5, 5.41) is 6.27. The number of carbonyl (C=O) groups is 1. The standard InChI is InChI=1S/C23H24N4O2/c1-24-23(27-13-12-18-5-2-3-6-19(18)16-27)25-15-17-8-10-20(11-9-17)26-22(28)21-7-4-14-29-21/h2-11,14H,12-13,15-16H2,1H3,(H,24,25)(H,26,28). The van der Waals surface area contributed by atoms with Crippen LogP contribution in [0.25, 0.3) is 0 Å². The van der Waals surface area contributed by atoms with Gasteiger partial charge < -0.3 is 20.0 Å². The van der Waals surface area contributed by atoms with Crippen molar-refractivity contribution in [2.24, 2.45) is 4.99 Å². The summed E-state index contributed by atoms with van der Waals surface area (Å²) in [7, 11) is 1.82. The summed E-state index contributed by atoms with van der Waals surface area (Å²) in [6.45, 7) is 2.49. The molecule has 1 aliphatic heterocycles. The maximum Gasteiger partial charge on any atom is 0.291 e. The summed E-state index contributed by atoms with van der Waals surface area (Å²) < 4.78 is 5.11. The quantitative estimate of drug-likeness (QED) is 0.529. The molecule has 1 aromatic heterocycles. The normalized spacial score (nSPS) is 13.7. The number of fused-ring (bicyclic) bond motifs is 1. The summed E-state index contributed by atoms with van der Waals surface area (Å²) in [4.78, 5) is 18.8. The van der Waals surface area contributed by atoms with Crippen LogP contribution in [-0.4, -0.2) is 30.4 Å². The van der Waals surface area contributed by atoms with Gasteiger partial charge in [0, 0.05) is 32.4 Å². The number of guanidine groups is 1. The van der Waals surface area contributed by atoms with E-state index in [9.17, 15) is 4.79 Å². The molecular formula is C23H24N4O2. The van der Waals surface area contributed by atoms with Crippen molar-refractivity contribution in [3.8, 4) is 0 Å². The molecule has 2 heterocycles. The number of amides is 1. The predicted molar refractivity (Wildman–Crippen MR) is 114 cm³/mol. The van der Waals surface area contributed by atoms with Crippen molar-refractivity contribution < 1.29 is 9.21 Å². The van der Waals surface area contributed by atoms with E-state index in [0.29, 0.717) is 12.3 Å². The summed E-state index contributed by atoms with van der Waals surface area (Å²) in [5.41, 5.74) is 4.62. The van der Waals surface area contributed by atoms with Crippen LogP contribution in [0.3, 0.4) is 0 Å². The molecular weight excluding hydrogens is 364 g/mol. The zero-order valence-corrected chi connectivity index (χ0v) is 16.4. The average Bonchev–Trinajstić information content (AvgIpc) is 3.30. The van der Waals surface area contributed by atoms with Crippen molar-refractivity contribution in [1.29, 1.82) is 0 Å². The number of furan rings is 1. The second kappa shape index (κ2) is 8.65. The Morgan fingerprint density at radius 2 is 1.86 bits per heavy atom. The van der Waals surface area contributed by atoms with Gasteiger partial charge in [-0.1, -0.05) is 36.4 Å². The van der Waals surface area contributed by atoms with Gasteiger partial charge in [0.2, 0.25) is 0 Å². The number of carbonyl (C=O) groups excluding carboxylic acids is 1. The Labute approximate surface area is 170 Å². The van der Waals surface area contributed by atoms with Gasteiger partial charge in [-0.3, -0.25) is 9.79 Å². The third kappa shape index (κ3) is 4.48. The van der Waals surface area contributed by atoms with E-state index in [1.165, 1.54) is 17.4 Å². The second-order valence-electron chi connectivity index (χ2n) is 6.97. The first-order chi connectivity index (χ1) is 14.2. The predicted octanol–water partition coefficient (Wildman–Crippen LogP) is 3.67. The number of benzene rings is 2. The largest absolute Gasteiger partial charge is 0.459 e. The third-order valence-electron chi connectivity index (χ3n) is 5.05. The number of anilines is 1. The number of aliphatic imine (C=N–C) groups is 1. The van der Waals surface area contributed by atoms with Crippen molar-refractivity contribution in [2.75, 3.05) is 18.9 Å². The van der Waals surface area contributed by atoms with Gasteiger partial charge in [-0.2, -0.15) is 0 Å². The summed E-state index contributed by atoms with van der Waals surface area (Å²) >= 11 is 0. The molecule has 0 unspecified atom stereocenters. The van der Waals surface area contributed by atoms with Crippen LogP contribution in [0.4, 0.5) is 5.69 Å². The Morgan fingerprint density at radius 3 is 2.59 bits per heavy atom. The van der Waals surface area contributed by atoms with E-state index < -0.39 is 0 Å². The van der Waals surface area contributed by atoms with Crippen molar-refractivity contribution >= 4 is 17.6 Å². The van der Waals surface area contributed by atoms with E-state index >= 15 is 0 Å². The Hall–Kier alpha value is -3.54. The van der Waals surface area contributed by atoms with Gasteiger partial charge in [-0.25, -0.2) is 0 Å². The van der Waals surface area contributed by atoms with Crippen molar-refractivity contribution in [1.82, 2.24) is 10.2 Å². The van der Waals surface area contributed by atoms with Gasteiger partial charge in [0.25, 0.3) is 5.91 Å². The van der Waals surface area contributed by atoms with E-state index in [1.54, 1.807) is 12.1 Å². The van der Waals surface area contributed by atoms with Crippen molar-refractivity contribution in [2.45, 2.75) is 19.5 Å². The maximum absolute atomic E-state index is 12.0. The van der Waals surface area contributed by atoms with Crippen LogP contribution >= 0.6 is 0 Å². The monoisotopic (exact) mass is 388 g/mol. The molecule has 0 atom stereocenters. The minimum Gasteiger partial charge on any atom is -0.459 e. The second-order valence-corrected chi connectivity index (χ2v) is 6.97. The Morgan fingerprint density at radius 1 is 1.07 bits per heavy atom. The molecule has 0 aliphatic carbocycles. The van der Waals surface area contributed by atoms with Crippen LogP contribution in [-0.2, 0) is 19.5 Å². The van der Waals surface area contributed by atoms with Gasteiger partial charge in [0.1, 0.15) is 0 Å². The number of hydrogen-bond acceptors (Lipinski definition) is 3. The minimum absolute atomic E-state index is 0.258. The molecule has 0 spiro atoms. The fourth-order valence-corrected chi connectivity index (χ4v) is 3.50. The van der Waals surface area contributed by atoms with Crippen LogP contribution < -0.4 is 10.6 Å². The molecule has 3 aromatic rings. The Balaban J connectivity index is 1.33. The van der Waals surface area contributed by atoms with E-state index in [-0.39, 0.29) is 5.91 Å². The summed E-state index contributed by atoms with van der Waals surface area (Å²) in [6, 6.07) is 19.7. The van der Waals surface area contributed by atoms with Crippen LogP contribution in [0, 0.1) is 0 Å². The fraction of sp³-hybridized carbons (Fsp3) is 0.217. The first-order valence-electron chi connectivity index (χ1n) is 9.69. The molecule has 6 heteroatoms. The molecule has 0 bridgehead atoms. The van der Waals surface area contributed by atoms with E-state index in [0.717, 1.165) is 36.7 Å². The number of rotatable bonds is 4. The van der Waals surface area contributed by atoms with Crippen molar-refractivity contribution in [3.05, 3.63) is 89.4 Å². The average molecular weight is 388 g/mol. The topological polar surface area (TPSA) is 69.9 Å². The fourth-order valence-electron chi connectivity index (χ4n) is 3.50. The molecule has 1 aliphatic rings. The maximum atomic E-state index is 12.0. The summed E-state index contributed by atoms with van der Waals surface area (Å²) in [5.74, 6) is 0.934. The van der Waals surface area contributed by atoms with E-state index in [1.807, 2.05) is 31.3 Å². The highest BCUT2D eigenvalue weighted by atomic mass is 16.3. The van der Waals surface area contributed by atoms with Gasteiger partial charge in [-0.05, 0) is 47.4 Å². The van der Waals surface area contributed by atoms with Gasteiger partial charge in [0.05, 0.1) is 6.26 Å². The highest BCUT2D eigenvalue weighted by Gasteiger charge is 2.18. The van der Waals surface area contributed by atoms with E-state index in [4.69, 9.17) is 4.42 Å². The lowest BCUT2D eigenvalue weighted by atomic mass is 10.0. The molecule has 0 saturated heterocycles. The number of nitrogens with one attached hydrogen (secondary N) is 2. The molecule has 0 saturated carbocycles. The lowest BCUT2D eigenvalue weighted by Gasteiger charge is -2.31. The highest BCUT2D eigenvalue weighted by molar-refractivity contribution is 6.02. The SMILES string of the molecule is CN=C(NCc1ccc(NC(=O)c2ccco2)cc1)N1CCc2ccccc2C1. The third-order valence-corrected chi connectivity index (χ3v) is 5.05. The smallest absolute Gasteiger partial charge is 0.291 e. The van der Waals surface area contributed by atoms with Crippen molar-refractivity contribution in [3.63, 3.8) is 0 Å². The first kappa shape index (κ1) is 18.8. The lowest BCUT2D eigenvalue weighted by molar-refractivity contribution is 0.0996. The number of nitrogens with zero attached hydrogens (tertiary/aromatic N) is 2. The molecule has 29 heavy (non-hydrogen) atoms. The summed E-state index contributed by atoms with van der Waals surface area (Å²) in [6.07, 6.45) is 2.51. The molecule has 0 fully saturated rings. The van der Waals surface area contributed by atoms with Crippen LogP contribution in [0.15, 0.2) is 76.3 Å². The van der Waals surface area contributed by atoms with Gasteiger partial charge in [0.15, 0.2) is 11.7 Å². The van der Waals surface area contributed by atoms with Crippen LogP contribution in [0.2, 0.25) is 0 Å². The molecule has 6 nitrogen and oxygen atoms in total. The lowest BCUT2D eigenvalue weighted by Crippen LogP contribution is -2.43. The molecule has 2 N–H and O–H groups in total. The number of hydrogen-bond donors (Lipinski definition) is 2. The minimum atomic E-state index is -0.258. The molecule has 148 valence electrons. The first-order valence-corrected chi connectivity index (χ1v) is 9.69.